The Kier molecular flexibility index (Phi) is 2.27. The zero-order chi connectivity index (χ0) is 9.30. The number of aromatic nitrogens is 2. The third-order valence-electron chi connectivity index (χ3n) is 1.11. The topological polar surface area (TPSA) is 71.8 Å². The highest BCUT2D eigenvalue weighted by Crippen LogP contribution is 2.21. The number of anilines is 1. The van der Waals surface area contributed by atoms with Crippen LogP contribution in [0.25, 0.3) is 0 Å². The second kappa shape index (κ2) is 3.06. The van der Waals surface area contributed by atoms with Gasteiger partial charge in [0.15, 0.2) is 0 Å². The van der Waals surface area contributed by atoms with E-state index in [1.54, 1.807) is 0 Å². The number of halogens is 3. The third kappa shape index (κ3) is 1.53. The van der Waals surface area contributed by atoms with Gasteiger partial charge in [0.1, 0.15) is 10.7 Å². The van der Waals surface area contributed by atoms with Gasteiger partial charge in [-0.05, 0) is 0 Å². The van der Waals surface area contributed by atoms with Gasteiger partial charge >= 0.3 is 0 Å². The second-order valence-corrected chi connectivity index (χ2v) is 2.33. The third-order valence-corrected chi connectivity index (χ3v) is 1.48. The minimum absolute atomic E-state index is 0.375. The average molecular weight is 196 g/mol. The molecule has 0 saturated carbocycles. The Balaban J connectivity index is 3.38. The van der Waals surface area contributed by atoms with Crippen molar-refractivity contribution in [3.63, 3.8) is 0 Å². The van der Waals surface area contributed by atoms with Crippen molar-refractivity contribution >= 4 is 17.5 Å². The summed E-state index contributed by atoms with van der Waals surface area (Å²) >= 11 is 5.22. The Morgan fingerprint density at radius 2 is 2.17 bits per heavy atom. The van der Waals surface area contributed by atoms with Crippen molar-refractivity contribution in [1.29, 1.82) is 0 Å². The molecule has 4 nitrogen and oxygen atoms in total. The van der Waals surface area contributed by atoms with Crippen LogP contribution in [0, 0.1) is 0 Å². The van der Waals surface area contributed by atoms with Crippen LogP contribution in [0.2, 0.25) is 5.02 Å². The lowest BCUT2D eigenvalue weighted by Crippen LogP contribution is -2.14. The number of nitrogens with two attached hydrogens (primary N) is 1. The van der Waals surface area contributed by atoms with E-state index in [1.165, 1.54) is 0 Å². The number of hydrogen-bond donors (Lipinski definition) is 2. The molecule has 12 heavy (non-hydrogen) atoms. The van der Waals surface area contributed by atoms with Gasteiger partial charge < -0.3 is 5.73 Å². The van der Waals surface area contributed by atoms with Crippen LogP contribution in [0.3, 0.4) is 0 Å². The predicted molar refractivity (Wildman–Crippen MR) is 39.2 cm³/mol. The monoisotopic (exact) mass is 195 g/mol. The summed E-state index contributed by atoms with van der Waals surface area (Å²) in [5.41, 5.74) is 3.35. The van der Waals surface area contributed by atoms with Gasteiger partial charge in [-0.1, -0.05) is 11.6 Å². The highest BCUT2D eigenvalue weighted by Gasteiger charge is 2.16. The molecule has 66 valence electrons. The van der Waals surface area contributed by atoms with E-state index in [4.69, 9.17) is 17.3 Å². The van der Waals surface area contributed by atoms with Crippen LogP contribution in [-0.4, -0.2) is 9.97 Å². The van der Waals surface area contributed by atoms with E-state index in [9.17, 15) is 13.6 Å². The quantitative estimate of drug-likeness (QED) is 0.701. The smallest absolute Gasteiger partial charge is 0.282 e. The molecule has 0 bridgehead atoms. The van der Waals surface area contributed by atoms with Gasteiger partial charge in [0.25, 0.3) is 12.0 Å². The lowest BCUT2D eigenvalue weighted by Gasteiger charge is -2.00. The fourth-order valence-electron chi connectivity index (χ4n) is 0.639. The van der Waals surface area contributed by atoms with Crippen LogP contribution in [0.15, 0.2) is 4.79 Å². The zero-order valence-corrected chi connectivity index (χ0v) is 6.40. The molecule has 7 heteroatoms. The van der Waals surface area contributed by atoms with Crippen LogP contribution in [0.4, 0.5) is 14.7 Å². The zero-order valence-electron chi connectivity index (χ0n) is 5.64. The summed E-state index contributed by atoms with van der Waals surface area (Å²) in [5.74, 6) is -0.375. The maximum atomic E-state index is 12.0. The summed E-state index contributed by atoms with van der Waals surface area (Å²) in [6, 6.07) is 0. The summed E-state index contributed by atoms with van der Waals surface area (Å²) in [7, 11) is 0. The molecule has 0 aliphatic heterocycles. The number of nitrogen functional groups attached to an aromatic ring is 1. The number of H-pyrrole nitrogens is 1. The lowest BCUT2D eigenvalue weighted by atomic mass is 10.4. The van der Waals surface area contributed by atoms with Crippen molar-refractivity contribution in [3.05, 3.63) is 21.1 Å². The van der Waals surface area contributed by atoms with E-state index in [2.05, 4.69) is 4.98 Å². The van der Waals surface area contributed by atoms with Crippen LogP contribution >= 0.6 is 11.6 Å². The van der Waals surface area contributed by atoms with Crippen molar-refractivity contribution in [2.75, 3.05) is 5.73 Å². The van der Waals surface area contributed by atoms with Gasteiger partial charge in [0.05, 0.1) is 0 Å². The molecule has 1 aromatic rings. The first-order valence-electron chi connectivity index (χ1n) is 2.85. The molecule has 1 heterocycles. The summed E-state index contributed by atoms with van der Waals surface area (Å²) in [6.07, 6.45) is -2.90. The van der Waals surface area contributed by atoms with Crippen molar-refractivity contribution in [2.45, 2.75) is 6.43 Å². The molecule has 0 spiro atoms. The molecule has 0 fully saturated rings. The van der Waals surface area contributed by atoms with E-state index in [0.717, 1.165) is 0 Å². The maximum absolute atomic E-state index is 12.0. The van der Waals surface area contributed by atoms with Gasteiger partial charge in [-0.25, -0.2) is 13.8 Å². The minimum atomic E-state index is -2.90. The molecule has 0 unspecified atom stereocenters. The Bertz CT molecular complexity index is 351. The van der Waals surface area contributed by atoms with Gasteiger partial charge in [0, 0.05) is 0 Å². The standard InChI is InChI=1S/C5H4ClF2N3O/c6-1-2(3(7)8)10-5(9)11-4(1)12/h3H,(H3,9,10,11,12). The van der Waals surface area contributed by atoms with Crippen LogP contribution in [-0.2, 0) is 0 Å². The molecular formula is C5H4ClF2N3O. The Labute approximate surface area is 70.4 Å². The average Bonchev–Trinajstić information content (AvgIpc) is 1.96. The molecule has 0 aliphatic rings. The maximum Gasteiger partial charge on any atom is 0.282 e. The van der Waals surface area contributed by atoms with Crippen molar-refractivity contribution < 1.29 is 8.78 Å². The fourth-order valence-corrected chi connectivity index (χ4v) is 0.811. The molecule has 3 N–H and O–H groups in total. The summed E-state index contributed by atoms with van der Waals surface area (Å²) in [6.45, 7) is 0. The van der Waals surface area contributed by atoms with Gasteiger partial charge in [0.2, 0.25) is 5.95 Å². The van der Waals surface area contributed by atoms with E-state index in [-0.39, 0.29) is 5.95 Å². The first-order chi connectivity index (χ1) is 5.52. The lowest BCUT2D eigenvalue weighted by molar-refractivity contribution is 0.146. The van der Waals surface area contributed by atoms with Crippen LogP contribution in [0.1, 0.15) is 12.1 Å². The molecule has 0 atom stereocenters. The number of nitrogens with one attached hydrogen (secondary N) is 1. The van der Waals surface area contributed by atoms with E-state index < -0.39 is 22.7 Å². The molecule has 0 amide bonds. The largest absolute Gasteiger partial charge is 0.369 e. The number of aromatic amines is 1. The van der Waals surface area contributed by atoms with Crippen molar-refractivity contribution in [2.24, 2.45) is 0 Å². The highest BCUT2D eigenvalue weighted by atomic mass is 35.5. The summed E-state index contributed by atoms with van der Waals surface area (Å²) < 4.78 is 24.1. The SMILES string of the molecule is Nc1nc(C(F)F)c(Cl)c(=O)[nH]1. The molecule has 0 aliphatic carbocycles. The molecule has 1 rings (SSSR count). The van der Waals surface area contributed by atoms with Gasteiger partial charge in [-0.15, -0.1) is 0 Å². The fraction of sp³-hybridized carbons (Fsp3) is 0.200. The number of alkyl halides is 2. The Morgan fingerprint density at radius 3 is 2.67 bits per heavy atom. The Morgan fingerprint density at radius 1 is 1.58 bits per heavy atom. The number of nitrogens with zero attached hydrogens (tertiary/aromatic N) is 1. The summed E-state index contributed by atoms with van der Waals surface area (Å²) in [5, 5.41) is -0.626. The van der Waals surface area contributed by atoms with Crippen LogP contribution < -0.4 is 11.3 Å². The van der Waals surface area contributed by atoms with Crippen molar-refractivity contribution in [1.82, 2.24) is 9.97 Å². The molecule has 0 aromatic carbocycles. The normalized spacial score (nSPS) is 10.7. The van der Waals surface area contributed by atoms with E-state index in [0.29, 0.717) is 0 Å². The van der Waals surface area contributed by atoms with E-state index >= 15 is 0 Å². The second-order valence-electron chi connectivity index (χ2n) is 1.95. The first kappa shape index (κ1) is 8.92. The molecule has 0 saturated heterocycles. The molecule has 0 radical (unpaired) electrons. The predicted octanol–water partition coefficient (Wildman–Crippen LogP) is 0.943. The van der Waals surface area contributed by atoms with Crippen molar-refractivity contribution in [3.8, 4) is 0 Å². The minimum Gasteiger partial charge on any atom is -0.369 e. The van der Waals surface area contributed by atoms with Gasteiger partial charge in [-0.2, -0.15) is 0 Å². The Hall–Kier alpha value is -1.17. The number of rotatable bonds is 1. The van der Waals surface area contributed by atoms with Crippen LogP contribution in [0.5, 0.6) is 0 Å². The molecule has 1 aromatic heterocycles. The number of hydrogen-bond acceptors (Lipinski definition) is 3. The van der Waals surface area contributed by atoms with E-state index in [1.807, 2.05) is 4.98 Å². The van der Waals surface area contributed by atoms with Gasteiger partial charge in [-0.3, -0.25) is 9.78 Å². The first-order valence-corrected chi connectivity index (χ1v) is 3.23. The molecular weight excluding hydrogens is 192 g/mol. The highest BCUT2D eigenvalue weighted by molar-refractivity contribution is 6.31. The summed E-state index contributed by atoms with van der Waals surface area (Å²) in [4.78, 5) is 15.9.